The van der Waals surface area contributed by atoms with E-state index in [-0.39, 0.29) is 12.3 Å². The Labute approximate surface area is 123 Å². The molecular weight excluding hydrogens is 328 g/mol. The Balaban J connectivity index is 1.89. The number of carbonyl (C=O) groups is 1. The van der Waals surface area contributed by atoms with Gasteiger partial charge in [0.15, 0.2) is 11.6 Å². The molecule has 1 N–H and O–H groups in total. The summed E-state index contributed by atoms with van der Waals surface area (Å²) in [6.07, 6.45) is 0.0216. The van der Waals surface area contributed by atoms with E-state index in [1.165, 1.54) is 6.07 Å². The minimum Gasteiger partial charge on any atom is -0.352 e. The molecule has 0 spiro atoms. The fraction of sp³-hybridized carbons (Fsp3) is 0.133. The van der Waals surface area contributed by atoms with E-state index < -0.39 is 11.6 Å². The fourth-order valence-electron chi connectivity index (χ4n) is 1.70. The molecule has 0 unspecified atom stereocenters. The first kappa shape index (κ1) is 14.7. The van der Waals surface area contributed by atoms with Crippen molar-refractivity contribution in [2.75, 3.05) is 0 Å². The quantitative estimate of drug-likeness (QED) is 0.906. The van der Waals surface area contributed by atoms with E-state index >= 15 is 0 Å². The zero-order valence-electron chi connectivity index (χ0n) is 10.5. The highest BCUT2D eigenvalue weighted by molar-refractivity contribution is 9.10. The van der Waals surface area contributed by atoms with Crippen LogP contribution in [-0.4, -0.2) is 5.91 Å². The van der Waals surface area contributed by atoms with Gasteiger partial charge in [0.25, 0.3) is 0 Å². The number of carbonyl (C=O) groups excluding carboxylic acids is 1. The van der Waals surface area contributed by atoms with Gasteiger partial charge < -0.3 is 5.32 Å². The Morgan fingerprint density at radius 3 is 2.30 bits per heavy atom. The fourth-order valence-corrected chi connectivity index (χ4v) is 1.96. The van der Waals surface area contributed by atoms with Crippen molar-refractivity contribution in [1.29, 1.82) is 0 Å². The lowest BCUT2D eigenvalue weighted by Crippen LogP contribution is -2.24. The van der Waals surface area contributed by atoms with Gasteiger partial charge in [0, 0.05) is 11.0 Å². The van der Waals surface area contributed by atoms with Gasteiger partial charge in [0.1, 0.15) is 0 Å². The molecule has 0 aliphatic carbocycles. The highest BCUT2D eigenvalue weighted by Crippen LogP contribution is 2.11. The van der Waals surface area contributed by atoms with Crippen LogP contribution in [0.4, 0.5) is 8.78 Å². The van der Waals surface area contributed by atoms with Crippen molar-refractivity contribution in [3.8, 4) is 0 Å². The molecule has 0 bridgehead atoms. The summed E-state index contributed by atoms with van der Waals surface area (Å²) < 4.78 is 26.7. The topological polar surface area (TPSA) is 29.1 Å². The van der Waals surface area contributed by atoms with Crippen LogP contribution in [-0.2, 0) is 17.8 Å². The number of hydrogen-bond acceptors (Lipinski definition) is 1. The van der Waals surface area contributed by atoms with Gasteiger partial charge in [0.2, 0.25) is 5.91 Å². The third-order valence-corrected chi connectivity index (χ3v) is 3.28. The third kappa shape index (κ3) is 4.13. The largest absolute Gasteiger partial charge is 0.352 e. The van der Waals surface area contributed by atoms with E-state index in [0.29, 0.717) is 12.1 Å². The zero-order valence-corrected chi connectivity index (χ0v) is 12.1. The average Bonchev–Trinajstić information content (AvgIpc) is 2.42. The summed E-state index contributed by atoms with van der Waals surface area (Å²) in [6, 6.07) is 11.0. The molecule has 0 atom stereocenters. The maximum Gasteiger partial charge on any atom is 0.224 e. The third-order valence-electron chi connectivity index (χ3n) is 2.75. The minimum atomic E-state index is -0.941. The van der Waals surface area contributed by atoms with Crippen LogP contribution in [0.2, 0.25) is 0 Å². The predicted octanol–water partition coefficient (Wildman–Crippen LogP) is 3.59. The van der Waals surface area contributed by atoms with Crippen molar-refractivity contribution in [3.63, 3.8) is 0 Å². The molecule has 2 rings (SSSR count). The van der Waals surface area contributed by atoms with E-state index in [1.54, 1.807) is 0 Å². The molecular formula is C15H12BrF2NO. The summed E-state index contributed by atoms with van der Waals surface area (Å²) in [6.45, 7) is 0.399. The minimum absolute atomic E-state index is 0.0216. The van der Waals surface area contributed by atoms with Gasteiger partial charge in [-0.05, 0) is 35.4 Å². The lowest BCUT2D eigenvalue weighted by Gasteiger charge is -2.06. The van der Waals surface area contributed by atoms with E-state index in [1.807, 2.05) is 24.3 Å². The molecule has 0 saturated carbocycles. The highest BCUT2D eigenvalue weighted by Gasteiger charge is 2.07. The SMILES string of the molecule is O=C(Cc1ccc(F)c(F)c1)NCc1ccc(Br)cc1. The Morgan fingerprint density at radius 2 is 1.65 bits per heavy atom. The number of nitrogens with one attached hydrogen (secondary N) is 1. The summed E-state index contributed by atoms with van der Waals surface area (Å²) >= 11 is 3.33. The number of halogens is 3. The Morgan fingerprint density at radius 1 is 1.00 bits per heavy atom. The molecule has 1 amide bonds. The lowest BCUT2D eigenvalue weighted by molar-refractivity contribution is -0.120. The van der Waals surface area contributed by atoms with Crippen molar-refractivity contribution in [2.45, 2.75) is 13.0 Å². The van der Waals surface area contributed by atoms with E-state index in [2.05, 4.69) is 21.2 Å². The molecule has 0 aromatic heterocycles. The molecule has 2 aromatic rings. The monoisotopic (exact) mass is 339 g/mol. The summed E-state index contributed by atoms with van der Waals surface area (Å²) in [4.78, 5) is 11.7. The van der Waals surface area contributed by atoms with Crippen molar-refractivity contribution >= 4 is 21.8 Å². The van der Waals surface area contributed by atoms with E-state index in [9.17, 15) is 13.6 Å². The Bertz CT molecular complexity index is 614. The smallest absolute Gasteiger partial charge is 0.224 e. The maximum atomic E-state index is 13.0. The number of hydrogen-bond donors (Lipinski definition) is 1. The van der Waals surface area contributed by atoms with Crippen LogP contribution in [0.15, 0.2) is 46.9 Å². The second-order valence-electron chi connectivity index (χ2n) is 4.33. The first-order chi connectivity index (χ1) is 9.54. The molecule has 0 fully saturated rings. The standard InChI is InChI=1S/C15H12BrF2NO/c16-12-4-1-10(2-5-12)9-19-15(20)8-11-3-6-13(17)14(18)7-11/h1-7H,8-9H2,(H,19,20). The van der Waals surface area contributed by atoms with Crippen molar-refractivity contribution < 1.29 is 13.6 Å². The molecule has 0 aliphatic heterocycles. The van der Waals surface area contributed by atoms with Crippen LogP contribution in [0.5, 0.6) is 0 Å². The summed E-state index contributed by atoms with van der Waals surface area (Å²) in [5.41, 5.74) is 1.41. The van der Waals surface area contributed by atoms with Crippen LogP contribution < -0.4 is 5.32 Å². The van der Waals surface area contributed by atoms with Gasteiger partial charge >= 0.3 is 0 Å². The average molecular weight is 340 g/mol. The van der Waals surface area contributed by atoms with Gasteiger partial charge in [-0.2, -0.15) is 0 Å². The Hall–Kier alpha value is -1.75. The van der Waals surface area contributed by atoms with Crippen LogP contribution in [0.25, 0.3) is 0 Å². The van der Waals surface area contributed by atoms with Crippen LogP contribution in [0.1, 0.15) is 11.1 Å². The maximum absolute atomic E-state index is 13.0. The van der Waals surface area contributed by atoms with Crippen LogP contribution in [0.3, 0.4) is 0 Å². The van der Waals surface area contributed by atoms with Gasteiger partial charge in [-0.1, -0.05) is 34.1 Å². The summed E-state index contributed by atoms with van der Waals surface area (Å²) in [7, 11) is 0. The first-order valence-corrected chi connectivity index (χ1v) is 6.79. The number of rotatable bonds is 4. The lowest BCUT2D eigenvalue weighted by atomic mass is 10.1. The van der Waals surface area contributed by atoms with Gasteiger partial charge in [0.05, 0.1) is 6.42 Å². The van der Waals surface area contributed by atoms with Gasteiger partial charge in [-0.3, -0.25) is 4.79 Å². The second-order valence-corrected chi connectivity index (χ2v) is 5.24. The van der Waals surface area contributed by atoms with Crippen molar-refractivity contribution in [2.24, 2.45) is 0 Å². The van der Waals surface area contributed by atoms with Crippen LogP contribution >= 0.6 is 15.9 Å². The molecule has 2 aromatic carbocycles. The van der Waals surface area contributed by atoms with E-state index in [4.69, 9.17) is 0 Å². The molecule has 20 heavy (non-hydrogen) atoms. The molecule has 2 nitrogen and oxygen atoms in total. The molecule has 0 heterocycles. The number of benzene rings is 2. The molecule has 5 heteroatoms. The van der Waals surface area contributed by atoms with Crippen LogP contribution in [0, 0.1) is 11.6 Å². The van der Waals surface area contributed by atoms with Gasteiger partial charge in [-0.15, -0.1) is 0 Å². The summed E-state index contributed by atoms with van der Waals surface area (Å²) in [5.74, 6) is -2.09. The van der Waals surface area contributed by atoms with E-state index in [0.717, 1.165) is 22.2 Å². The summed E-state index contributed by atoms with van der Waals surface area (Å²) in [5, 5.41) is 2.73. The predicted molar refractivity (Wildman–Crippen MR) is 76.1 cm³/mol. The number of amides is 1. The Kier molecular flexibility index (Phi) is 4.84. The molecule has 0 saturated heterocycles. The van der Waals surface area contributed by atoms with Crippen molar-refractivity contribution in [3.05, 3.63) is 69.7 Å². The highest BCUT2D eigenvalue weighted by atomic mass is 79.9. The van der Waals surface area contributed by atoms with Gasteiger partial charge in [-0.25, -0.2) is 8.78 Å². The normalized spacial score (nSPS) is 10.3. The molecule has 0 radical (unpaired) electrons. The molecule has 0 aliphatic rings. The van der Waals surface area contributed by atoms with Crippen molar-refractivity contribution in [1.82, 2.24) is 5.32 Å². The zero-order chi connectivity index (χ0) is 14.5. The second kappa shape index (κ2) is 6.61. The first-order valence-electron chi connectivity index (χ1n) is 5.99. The molecule has 104 valence electrons.